The van der Waals surface area contributed by atoms with E-state index in [4.69, 9.17) is 10.8 Å². The van der Waals surface area contributed by atoms with Crippen molar-refractivity contribution in [1.29, 1.82) is 0 Å². The van der Waals surface area contributed by atoms with Gasteiger partial charge in [-0.2, -0.15) is 0 Å². The van der Waals surface area contributed by atoms with E-state index in [0.717, 1.165) is 13.1 Å². The first-order chi connectivity index (χ1) is 6.63. The number of likely N-dealkylation sites (tertiary alicyclic amines) is 1. The van der Waals surface area contributed by atoms with Crippen LogP contribution in [0.3, 0.4) is 0 Å². The number of amides is 1. The van der Waals surface area contributed by atoms with E-state index < -0.39 is 6.10 Å². The maximum atomic E-state index is 11.4. The molecule has 0 spiro atoms. The number of aliphatic hydroxyl groups is 1. The van der Waals surface area contributed by atoms with Gasteiger partial charge in [-0.1, -0.05) is 0 Å². The van der Waals surface area contributed by atoms with Crippen LogP contribution in [0.15, 0.2) is 4.99 Å². The van der Waals surface area contributed by atoms with Crippen LogP contribution in [0, 0.1) is 5.92 Å². The first-order valence-electron chi connectivity index (χ1n) is 4.79. The van der Waals surface area contributed by atoms with E-state index in [9.17, 15) is 4.79 Å². The Balaban J connectivity index is 2.17. The summed E-state index contributed by atoms with van der Waals surface area (Å²) in [5.74, 6) is 0.459. The van der Waals surface area contributed by atoms with Crippen molar-refractivity contribution < 1.29 is 9.90 Å². The number of nitrogens with zero attached hydrogens (tertiary/aromatic N) is 2. The molecule has 0 saturated carbocycles. The molecule has 1 aliphatic rings. The zero-order valence-corrected chi connectivity index (χ0v) is 8.39. The largest absolute Gasteiger partial charge is 0.393 e. The lowest BCUT2D eigenvalue weighted by Crippen LogP contribution is -2.51. The van der Waals surface area contributed by atoms with Crippen molar-refractivity contribution in [3.05, 3.63) is 0 Å². The molecule has 1 rings (SSSR count). The molecular weight excluding hydrogens is 182 g/mol. The summed E-state index contributed by atoms with van der Waals surface area (Å²) in [5, 5.41) is 9.01. The number of carbonyl (C=O) groups is 1. The summed E-state index contributed by atoms with van der Waals surface area (Å²) in [6.45, 7) is 3.79. The van der Waals surface area contributed by atoms with Gasteiger partial charge in [0, 0.05) is 25.6 Å². The van der Waals surface area contributed by atoms with Crippen molar-refractivity contribution in [3.8, 4) is 0 Å². The Morgan fingerprint density at radius 2 is 2.43 bits per heavy atom. The molecule has 3 N–H and O–H groups in total. The second-order valence-electron chi connectivity index (χ2n) is 3.73. The summed E-state index contributed by atoms with van der Waals surface area (Å²) in [7, 11) is 0. The van der Waals surface area contributed by atoms with Crippen LogP contribution in [0.5, 0.6) is 0 Å². The third-order valence-corrected chi connectivity index (χ3v) is 2.25. The molecule has 1 unspecified atom stereocenters. The minimum atomic E-state index is -0.552. The van der Waals surface area contributed by atoms with Gasteiger partial charge < -0.3 is 15.7 Å². The van der Waals surface area contributed by atoms with E-state index in [1.165, 1.54) is 6.34 Å². The lowest BCUT2D eigenvalue weighted by atomic mass is 9.99. The number of aliphatic imine (C=N–C) groups is 1. The topological polar surface area (TPSA) is 78.9 Å². The van der Waals surface area contributed by atoms with Gasteiger partial charge in [0.15, 0.2) is 0 Å². The number of carbonyl (C=O) groups excluding carboxylic acids is 1. The number of rotatable bonds is 4. The third-order valence-electron chi connectivity index (χ3n) is 2.25. The standard InChI is InChI=1S/C9H17N3O2/c1-7(13)2-9(14)12-4-8(5-12)3-11-6-10/h6-8,13H,2-5H2,1H3,(H2,10,11). The van der Waals surface area contributed by atoms with Crippen LogP contribution in [0.2, 0.25) is 0 Å². The molecule has 1 atom stereocenters. The molecule has 14 heavy (non-hydrogen) atoms. The molecule has 1 heterocycles. The van der Waals surface area contributed by atoms with E-state index >= 15 is 0 Å². The molecule has 1 aliphatic heterocycles. The Hall–Kier alpha value is -1.10. The van der Waals surface area contributed by atoms with Gasteiger partial charge in [0.2, 0.25) is 5.91 Å². The summed E-state index contributed by atoms with van der Waals surface area (Å²) < 4.78 is 0. The van der Waals surface area contributed by atoms with E-state index in [1.807, 2.05) is 0 Å². The molecule has 80 valence electrons. The van der Waals surface area contributed by atoms with Crippen LogP contribution >= 0.6 is 0 Å². The van der Waals surface area contributed by atoms with Crippen molar-refractivity contribution in [1.82, 2.24) is 4.90 Å². The van der Waals surface area contributed by atoms with Gasteiger partial charge in [0.05, 0.1) is 18.9 Å². The number of hydrogen-bond acceptors (Lipinski definition) is 3. The Labute approximate surface area is 83.6 Å². The maximum Gasteiger partial charge on any atom is 0.225 e. The third kappa shape index (κ3) is 2.99. The van der Waals surface area contributed by atoms with E-state index in [2.05, 4.69) is 4.99 Å². The fraction of sp³-hybridized carbons (Fsp3) is 0.778. The molecule has 1 saturated heterocycles. The van der Waals surface area contributed by atoms with Crippen molar-refractivity contribution >= 4 is 12.2 Å². The van der Waals surface area contributed by atoms with Crippen molar-refractivity contribution in [2.45, 2.75) is 19.4 Å². The van der Waals surface area contributed by atoms with E-state index in [-0.39, 0.29) is 12.3 Å². The second kappa shape index (κ2) is 4.95. The van der Waals surface area contributed by atoms with Gasteiger partial charge >= 0.3 is 0 Å². The number of aliphatic hydroxyl groups excluding tert-OH is 1. The van der Waals surface area contributed by atoms with Gasteiger partial charge in [-0.3, -0.25) is 9.79 Å². The van der Waals surface area contributed by atoms with Crippen LogP contribution in [0.25, 0.3) is 0 Å². The van der Waals surface area contributed by atoms with Crippen LogP contribution in [0.1, 0.15) is 13.3 Å². The zero-order chi connectivity index (χ0) is 10.6. The predicted octanol–water partition coefficient (Wildman–Crippen LogP) is -0.797. The Bertz CT molecular complexity index is 222. The summed E-state index contributed by atoms with van der Waals surface area (Å²) in [6, 6.07) is 0. The molecule has 1 amide bonds. The van der Waals surface area contributed by atoms with Crippen molar-refractivity contribution in [3.63, 3.8) is 0 Å². The van der Waals surface area contributed by atoms with Crippen molar-refractivity contribution in [2.24, 2.45) is 16.6 Å². The molecule has 0 radical (unpaired) electrons. The smallest absolute Gasteiger partial charge is 0.225 e. The van der Waals surface area contributed by atoms with Gasteiger partial charge in [-0.25, -0.2) is 0 Å². The summed E-state index contributed by atoms with van der Waals surface area (Å²) in [4.78, 5) is 17.0. The first-order valence-corrected chi connectivity index (χ1v) is 4.79. The van der Waals surface area contributed by atoms with Crippen LogP contribution in [-0.2, 0) is 4.79 Å². The number of nitrogens with two attached hydrogens (primary N) is 1. The molecule has 0 aromatic heterocycles. The van der Waals surface area contributed by atoms with E-state index in [1.54, 1.807) is 11.8 Å². The molecule has 0 aromatic rings. The molecule has 1 fully saturated rings. The minimum Gasteiger partial charge on any atom is -0.393 e. The Morgan fingerprint density at radius 3 is 2.93 bits per heavy atom. The molecular formula is C9H17N3O2. The predicted molar refractivity (Wildman–Crippen MR) is 53.9 cm³/mol. The highest BCUT2D eigenvalue weighted by Crippen LogP contribution is 2.17. The molecule has 0 aromatic carbocycles. The maximum absolute atomic E-state index is 11.4. The lowest BCUT2D eigenvalue weighted by Gasteiger charge is -2.38. The molecule has 5 nitrogen and oxygen atoms in total. The fourth-order valence-electron chi connectivity index (χ4n) is 1.48. The van der Waals surface area contributed by atoms with Crippen molar-refractivity contribution in [2.75, 3.05) is 19.6 Å². The van der Waals surface area contributed by atoms with Gasteiger partial charge in [0.1, 0.15) is 0 Å². The quantitative estimate of drug-likeness (QED) is 0.459. The minimum absolute atomic E-state index is 0.0213. The fourth-order valence-corrected chi connectivity index (χ4v) is 1.48. The monoisotopic (exact) mass is 199 g/mol. The van der Waals surface area contributed by atoms with Gasteiger partial charge in [0.25, 0.3) is 0 Å². The Morgan fingerprint density at radius 1 is 1.79 bits per heavy atom. The zero-order valence-electron chi connectivity index (χ0n) is 8.39. The molecule has 5 heteroatoms. The molecule has 0 bridgehead atoms. The second-order valence-corrected chi connectivity index (χ2v) is 3.73. The first kappa shape index (κ1) is 11.0. The average molecular weight is 199 g/mol. The van der Waals surface area contributed by atoms with Crippen LogP contribution in [0.4, 0.5) is 0 Å². The van der Waals surface area contributed by atoms with Gasteiger partial charge in [-0.15, -0.1) is 0 Å². The van der Waals surface area contributed by atoms with E-state index in [0.29, 0.717) is 12.5 Å². The highest BCUT2D eigenvalue weighted by molar-refractivity contribution is 5.77. The molecule has 0 aliphatic carbocycles. The van der Waals surface area contributed by atoms with Crippen LogP contribution < -0.4 is 5.73 Å². The van der Waals surface area contributed by atoms with Gasteiger partial charge in [-0.05, 0) is 6.92 Å². The highest BCUT2D eigenvalue weighted by atomic mass is 16.3. The average Bonchev–Trinajstić information content (AvgIpc) is 2.00. The normalized spacial score (nSPS) is 19.7. The van der Waals surface area contributed by atoms with Crippen LogP contribution in [-0.4, -0.2) is 48.0 Å². The Kier molecular flexibility index (Phi) is 3.88. The summed E-state index contributed by atoms with van der Waals surface area (Å²) >= 11 is 0. The summed E-state index contributed by atoms with van der Waals surface area (Å²) in [6.07, 6.45) is 0.955. The highest BCUT2D eigenvalue weighted by Gasteiger charge is 2.30. The SMILES string of the molecule is CC(O)CC(=O)N1CC(CN=CN)C1. The number of hydrogen-bond donors (Lipinski definition) is 2. The lowest BCUT2D eigenvalue weighted by molar-refractivity contribution is -0.139. The summed E-state index contributed by atoms with van der Waals surface area (Å²) in [5.41, 5.74) is 5.11.